The molecule has 7 heteroatoms. The Morgan fingerprint density at radius 1 is 0.967 bits per heavy atom. The van der Waals surface area contributed by atoms with E-state index >= 15 is 0 Å². The fraction of sp³-hybridized carbons (Fsp3) is 0.0870. The highest BCUT2D eigenvalue weighted by atomic mass is 16.5. The Labute approximate surface area is 172 Å². The quantitative estimate of drug-likeness (QED) is 0.358. The third kappa shape index (κ3) is 4.71. The Kier molecular flexibility index (Phi) is 5.82. The van der Waals surface area contributed by atoms with Gasteiger partial charge in [-0.2, -0.15) is 4.98 Å². The standard InChI is InChI=1S/C23H19N3O4/c27-23(25-28)19-7-4-8-20(14-19)29-15-17-9-11-18(12-10-17)22-24-21(30-26-22)13-16-5-2-1-3-6-16/h1-12,14,28H,13,15H2,(H,25,27). The van der Waals surface area contributed by atoms with Gasteiger partial charge < -0.3 is 9.26 Å². The second-order valence-electron chi connectivity index (χ2n) is 6.63. The maximum atomic E-state index is 11.5. The van der Waals surface area contributed by atoms with Crippen molar-refractivity contribution in [2.75, 3.05) is 0 Å². The maximum absolute atomic E-state index is 11.5. The topological polar surface area (TPSA) is 97.5 Å². The monoisotopic (exact) mass is 401 g/mol. The van der Waals surface area contributed by atoms with Gasteiger partial charge in [-0.05, 0) is 29.3 Å². The molecule has 4 rings (SSSR count). The number of hydrogen-bond acceptors (Lipinski definition) is 6. The van der Waals surface area contributed by atoms with Crippen LogP contribution in [-0.4, -0.2) is 21.3 Å². The molecule has 0 aliphatic heterocycles. The number of hydroxylamine groups is 1. The summed E-state index contributed by atoms with van der Waals surface area (Å²) in [5.41, 5.74) is 4.83. The van der Waals surface area contributed by atoms with Gasteiger partial charge in [-0.25, -0.2) is 5.48 Å². The van der Waals surface area contributed by atoms with Crippen LogP contribution in [0, 0.1) is 0 Å². The Balaban J connectivity index is 1.38. The normalized spacial score (nSPS) is 10.6. The van der Waals surface area contributed by atoms with E-state index in [1.165, 1.54) is 0 Å². The van der Waals surface area contributed by atoms with E-state index < -0.39 is 5.91 Å². The van der Waals surface area contributed by atoms with Crippen LogP contribution in [0.3, 0.4) is 0 Å². The van der Waals surface area contributed by atoms with Gasteiger partial charge in [-0.15, -0.1) is 0 Å². The van der Waals surface area contributed by atoms with Crippen LogP contribution < -0.4 is 10.2 Å². The lowest BCUT2D eigenvalue weighted by molar-refractivity contribution is 0.0706. The molecule has 2 N–H and O–H groups in total. The SMILES string of the molecule is O=C(NO)c1cccc(OCc2ccc(-c3noc(Cc4ccccc4)n3)cc2)c1. The van der Waals surface area contributed by atoms with Crippen molar-refractivity contribution in [3.05, 3.63) is 101 Å². The minimum Gasteiger partial charge on any atom is -0.489 e. The number of rotatable bonds is 7. The third-order valence-electron chi connectivity index (χ3n) is 4.48. The van der Waals surface area contributed by atoms with Crippen LogP contribution in [0.4, 0.5) is 0 Å². The third-order valence-corrected chi connectivity index (χ3v) is 4.48. The fourth-order valence-electron chi connectivity index (χ4n) is 2.92. The van der Waals surface area contributed by atoms with Crippen molar-refractivity contribution in [2.45, 2.75) is 13.0 Å². The largest absolute Gasteiger partial charge is 0.489 e. The number of ether oxygens (including phenoxy) is 1. The van der Waals surface area contributed by atoms with Crippen molar-refractivity contribution < 1.29 is 19.3 Å². The first-order valence-electron chi connectivity index (χ1n) is 9.34. The molecule has 0 saturated heterocycles. The highest BCUT2D eigenvalue weighted by Crippen LogP contribution is 2.20. The maximum Gasteiger partial charge on any atom is 0.274 e. The second-order valence-corrected chi connectivity index (χ2v) is 6.63. The summed E-state index contributed by atoms with van der Waals surface area (Å²) in [6.45, 7) is 0.329. The molecule has 1 heterocycles. The van der Waals surface area contributed by atoms with Crippen molar-refractivity contribution in [3.63, 3.8) is 0 Å². The lowest BCUT2D eigenvalue weighted by Crippen LogP contribution is -2.18. The summed E-state index contributed by atoms with van der Waals surface area (Å²) in [6, 6.07) is 24.2. The van der Waals surface area contributed by atoms with Gasteiger partial charge in [-0.3, -0.25) is 10.0 Å². The Morgan fingerprint density at radius 2 is 1.77 bits per heavy atom. The Bertz CT molecular complexity index is 1120. The van der Waals surface area contributed by atoms with Crippen LogP contribution in [0.25, 0.3) is 11.4 Å². The van der Waals surface area contributed by atoms with Gasteiger partial charge in [0.05, 0.1) is 6.42 Å². The summed E-state index contributed by atoms with van der Waals surface area (Å²) in [5.74, 6) is 1.05. The van der Waals surface area contributed by atoms with Gasteiger partial charge in [0.1, 0.15) is 12.4 Å². The molecule has 0 aliphatic carbocycles. The molecule has 0 radical (unpaired) electrons. The van der Waals surface area contributed by atoms with E-state index in [0.717, 1.165) is 16.7 Å². The van der Waals surface area contributed by atoms with E-state index in [-0.39, 0.29) is 0 Å². The second kappa shape index (κ2) is 9.02. The van der Waals surface area contributed by atoms with Crippen LogP contribution in [0.2, 0.25) is 0 Å². The summed E-state index contributed by atoms with van der Waals surface area (Å²) in [6.07, 6.45) is 0.590. The minimum atomic E-state index is -0.587. The molecule has 0 fully saturated rings. The van der Waals surface area contributed by atoms with Gasteiger partial charge in [-0.1, -0.05) is 65.8 Å². The van der Waals surface area contributed by atoms with Crippen molar-refractivity contribution in [1.82, 2.24) is 15.6 Å². The van der Waals surface area contributed by atoms with E-state index in [4.69, 9.17) is 14.5 Å². The van der Waals surface area contributed by atoms with E-state index in [0.29, 0.717) is 36.1 Å². The zero-order chi connectivity index (χ0) is 20.8. The lowest BCUT2D eigenvalue weighted by atomic mass is 10.1. The Hall–Kier alpha value is -3.97. The molecular formula is C23H19N3O4. The fourth-order valence-corrected chi connectivity index (χ4v) is 2.92. The molecule has 30 heavy (non-hydrogen) atoms. The van der Waals surface area contributed by atoms with Gasteiger partial charge in [0, 0.05) is 11.1 Å². The average molecular weight is 401 g/mol. The van der Waals surface area contributed by atoms with Crippen molar-refractivity contribution in [1.29, 1.82) is 0 Å². The number of aromatic nitrogens is 2. The molecule has 0 aliphatic rings. The minimum absolute atomic E-state index is 0.314. The van der Waals surface area contributed by atoms with Crippen molar-refractivity contribution in [3.8, 4) is 17.1 Å². The number of nitrogens with zero attached hydrogens (tertiary/aromatic N) is 2. The summed E-state index contributed by atoms with van der Waals surface area (Å²) in [7, 11) is 0. The molecule has 0 bridgehead atoms. The first kappa shape index (κ1) is 19.4. The number of hydrogen-bond donors (Lipinski definition) is 2. The summed E-state index contributed by atoms with van der Waals surface area (Å²) in [5, 5.41) is 12.8. The number of benzene rings is 3. The molecule has 4 aromatic rings. The molecule has 0 saturated carbocycles. The number of carbonyl (C=O) groups excluding carboxylic acids is 1. The first-order chi connectivity index (χ1) is 14.7. The molecule has 0 unspecified atom stereocenters. The molecule has 1 amide bonds. The van der Waals surface area contributed by atoms with Gasteiger partial charge >= 0.3 is 0 Å². The predicted molar refractivity (Wildman–Crippen MR) is 109 cm³/mol. The Morgan fingerprint density at radius 3 is 2.53 bits per heavy atom. The molecular weight excluding hydrogens is 382 g/mol. The van der Waals surface area contributed by atoms with Crippen molar-refractivity contribution in [2.24, 2.45) is 0 Å². The zero-order valence-electron chi connectivity index (χ0n) is 16.0. The van der Waals surface area contributed by atoms with E-state index in [2.05, 4.69) is 10.1 Å². The first-order valence-corrected chi connectivity index (χ1v) is 9.34. The van der Waals surface area contributed by atoms with Crippen molar-refractivity contribution >= 4 is 5.91 Å². The van der Waals surface area contributed by atoms with Crippen LogP contribution in [0.15, 0.2) is 83.4 Å². The smallest absolute Gasteiger partial charge is 0.274 e. The van der Waals surface area contributed by atoms with Crippen LogP contribution in [0.1, 0.15) is 27.4 Å². The molecule has 7 nitrogen and oxygen atoms in total. The lowest BCUT2D eigenvalue weighted by Gasteiger charge is -2.08. The van der Waals surface area contributed by atoms with E-state index in [1.54, 1.807) is 29.7 Å². The predicted octanol–water partition coefficient (Wildman–Crippen LogP) is 4.03. The van der Waals surface area contributed by atoms with Gasteiger partial charge in [0.25, 0.3) is 5.91 Å². The number of carbonyl (C=O) groups is 1. The zero-order valence-corrected chi connectivity index (χ0v) is 16.0. The van der Waals surface area contributed by atoms with Gasteiger partial charge in [0.2, 0.25) is 11.7 Å². The van der Waals surface area contributed by atoms with E-state index in [1.807, 2.05) is 54.6 Å². The van der Waals surface area contributed by atoms with E-state index in [9.17, 15) is 4.79 Å². The number of nitrogens with one attached hydrogen (secondary N) is 1. The van der Waals surface area contributed by atoms with Crippen LogP contribution in [-0.2, 0) is 13.0 Å². The highest BCUT2D eigenvalue weighted by molar-refractivity contribution is 5.93. The van der Waals surface area contributed by atoms with Gasteiger partial charge in [0.15, 0.2) is 0 Å². The summed E-state index contributed by atoms with van der Waals surface area (Å²) in [4.78, 5) is 15.9. The molecule has 3 aromatic carbocycles. The average Bonchev–Trinajstić information content (AvgIpc) is 3.27. The van der Waals surface area contributed by atoms with Crippen LogP contribution in [0.5, 0.6) is 5.75 Å². The molecule has 1 aromatic heterocycles. The molecule has 150 valence electrons. The molecule has 0 spiro atoms. The number of amides is 1. The van der Waals surface area contributed by atoms with Crippen LogP contribution >= 0.6 is 0 Å². The molecule has 0 atom stereocenters. The summed E-state index contributed by atoms with van der Waals surface area (Å²) >= 11 is 0. The summed E-state index contributed by atoms with van der Waals surface area (Å²) < 4.78 is 11.1. The highest BCUT2D eigenvalue weighted by Gasteiger charge is 2.10.